The molecule has 184 valence electrons. The summed E-state index contributed by atoms with van der Waals surface area (Å²) in [4.78, 5) is 23.1. The third-order valence-electron chi connectivity index (χ3n) is 5.28. The molecule has 35 heavy (non-hydrogen) atoms. The molecule has 3 N–H and O–H groups in total. The van der Waals surface area contributed by atoms with Crippen molar-refractivity contribution in [3.05, 3.63) is 64.3 Å². The second-order valence-corrected chi connectivity index (χ2v) is 8.59. The molecule has 0 aliphatic carbocycles. The monoisotopic (exact) mass is 550 g/mol. The molecule has 8 nitrogen and oxygen atoms in total. The van der Waals surface area contributed by atoms with Crippen LogP contribution in [-0.4, -0.2) is 49.2 Å². The number of benzene rings is 2. The summed E-state index contributed by atoms with van der Waals surface area (Å²) in [5, 5.41) is 8.48. The van der Waals surface area contributed by atoms with Crippen LogP contribution in [0.4, 0.5) is 36.3 Å². The Balaban J connectivity index is 1.63. The van der Waals surface area contributed by atoms with Crippen LogP contribution < -0.4 is 25.6 Å². The predicted octanol–water partition coefficient (Wildman–Crippen LogP) is 4.67. The molecule has 0 atom stereocenters. The van der Waals surface area contributed by atoms with Crippen LogP contribution in [0.3, 0.4) is 0 Å². The number of halogens is 4. The highest BCUT2D eigenvalue weighted by molar-refractivity contribution is 9.10. The fourth-order valence-corrected chi connectivity index (χ4v) is 3.94. The Morgan fingerprint density at radius 3 is 2.63 bits per heavy atom. The Bertz CT molecular complexity index is 1220. The zero-order valence-corrected chi connectivity index (χ0v) is 20.2. The smallest absolute Gasteiger partial charge is 0.418 e. The minimum Gasteiger partial charge on any atom is -0.491 e. The number of carbonyl (C=O) groups is 1. The third-order valence-corrected chi connectivity index (χ3v) is 5.78. The van der Waals surface area contributed by atoms with E-state index in [0.717, 1.165) is 19.2 Å². The second-order valence-electron chi connectivity index (χ2n) is 7.67. The molecule has 2 heterocycles. The lowest BCUT2D eigenvalue weighted by Gasteiger charge is -2.27. The van der Waals surface area contributed by atoms with Crippen LogP contribution in [0, 0.1) is 0 Å². The van der Waals surface area contributed by atoms with Gasteiger partial charge in [0.1, 0.15) is 0 Å². The topological polar surface area (TPSA) is 91.4 Å². The van der Waals surface area contributed by atoms with Crippen molar-refractivity contribution in [2.75, 3.05) is 48.8 Å². The highest BCUT2D eigenvalue weighted by atomic mass is 79.9. The zero-order chi connectivity index (χ0) is 25.0. The predicted molar refractivity (Wildman–Crippen MR) is 130 cm³/mol. The van der Waals surface area contributed by atoms with Crippen molar-refractivity contribution >= 4 is 45.0 Å². The largest absolute Gasteiger partial charge is 0.491 e. The van der Waals surface area contributed by atoms with E-state index in [1.54, 1.807) is 24.3 Å². The Morgan fingerprint density at radius 2 is 1.94 bits per heavy atom. The molecule has 4 rings (SSSR count). The Morgan fingerprint density at radius 1 is 1.17 bits per heavy atom. The van der Waals surface area contributed by atoms with Gasteiger partial charge < -0.3 is 25.6 Å². The summed E-state index contributed by atoms with van der Waals surface area (Å²) in [6.07, 6.45) is -3.27. The number of hydrogen-bond acceptors (Lipinski definition) is 7. The average molecular weight is 551 g/mol. The SMILES string of the molecule is COc1cnc(N2CCNCC2)nc1Nc1ccc(NC(=O)c2cccc(Br)c2)cc1C(F)(F)F. The molecule has 0 radical (unpaired) electrons. The van der Waals surface area contributed by atoms with Gasteiger partial charge in [0.25, 0.3) is 5.91 Å². The molecule has 1 fully saturated rings. The highest BCUT2D eigenvalue weighted by Crippen LogP contribution is 2.39. The van der Waals surface area contributed by atoms with Crippen molar-refractivity contribution in [2.24, 2.45) is 0 Å². The van der Waals surface area contributed by atoms with Crippen molar-refractivity contribution < 1.29 is 22.7 Å². The van der Waals surface area contributed by atoms with Gasteiger partial charge >= 0.3 is 6.18 Å². The molecule has 3 aromatic rings. The Labute approximate surface area is 208 Å². The first kappa shape index (κ1) is 24.7. The van der Waals surface area contributed by atoms with E-state index in [0.29, 0.717) is 29.1 Å². The molecule has 0 saturated carbocycles. The third kappa shape index (κ3) is 6.01. The molecule has 12 heteroatoms. The number of methoxy groups -OCH3 is 1. The first-order valence-electron chi connectivity index (χ1n) is 10.7. The number of piperazine rings is 1. The summed E-state index contributed by atoms with van der Waals surface area (Å²) < 4.78 is 47.8. The number of nitrogens with zero attached hydrogens (tertiary/aromatic N) is 3. The maximum Gasteiger partial charge on any atom is 0.418 e. The molecule has 2 aromatic carbocycles. The number of ether oxygens (including phenoxy) is 1. The van der Waals surface area contributed by atoms with Gasteiger partial charge in [-0.05, 0) is 36.4 Å². The number of alkyl halides is 3. The zero-order valence-electron chi connectivity index (χ0n) is 18.6. The van der Waals surface area contributed by atoms with Gasteiger partial charge in [0.2, 0.25) is 5.95 Å². The van der Waals surface area contributed by atoms with Gasteiger partial charge in [0.15, 0.2) is 11.6 Å². The van der Waals surface area contributed by atoms with Crippen LogP contribution >= 0.6 is 15.9 Å². The number of nitrogens with one attached hydrogen (secondary N) is 3. The van der Waals surface area contributed by atoms with E-state index in [1.807, 2.05) is 4.90 Å². The molecule has 0 unspecified atom stereocenters. The summed E-state index contributed by atoms with van der Waals surface area (Å²) >= 11 is 3.27. The van der Waals surface area contributed by atoms with Crippen molar-refractivity contribution in [1.29, 1.82) is 0 Å². The molecule has 1 amide bonds. The van der Waals surface area contributed by atoms with Crippen molar-refractivity contribution in [3.63, 3.8) is 0 Å². The van der Waals surface area contributed by atoms with E-state index in [9.17, 15) is 18.0 Å². The minimum absolute atomic E-state index is 0.00371. The molecule has 1 aromatic heterocycles. The Kier molecular flexibility index (Phi) is 7.41. The molecule has 0 bridgehead atoms. The molecule has 1 aliphatic heterocycles. The van der Waals surface area contributed by atoms with E-state index in [4.69, 9.17) is 4.74 Å². The number of anilines is 4. The highest BCUT2D eigenvalue weighted by Gasteiger charge is 2.34. The summed E-state index contributed by atoms with van der Waals surface area (Å²) in [5.41, 5.74) is -0.888. The summed E-state index contributed by atoms with van der Waals surface area (Å²) in [5.74, 6) is 0.163. The van der Waals surface area contributed by atoms with Crippen LogP contribution in [0.2, 0.25) is 0 Å². The first-order valence-corrected chi connectivity index (χ1v) is 11.5. The standard InChI is InChI=1S/C23H22BrF3N6O2/c1-35-19-13-29-22(33-9-7-28-8-10-33)32-20(19)31-18-6-5-16(12-17(18)23(25,26)27)30-21(34)14-3-2-4-15(24)11-14/h2-6,11-13,28H,7-10H2,1H3,(H,30,34)(H,29,31,32). The fourth-order valence-electron chi connectivity index (χ4n) is 3.54. The molecular formula is C23H22BrF3N6O2. The Hall–Kier alpha value is -3.38. The van der Waals surface area contributed by atoms with Crippen LogP contribution in [0.5, 0.6) is 5.75 Å². The van der Waals surface area contributed by atoms with E-state index < -0.39 is 17.6 Å². The molecule has 0 spiro atoms. The fraction of sp³-hybridized carbons (Fsp3) is 0.261. The van der Waals surface area contributed by atoms with Crippen LogP contribution in [-0.2, 0) is 6.18 Å². The van der Waals surface area contributed by atoms with Gasteiger partial charge in [0, 0.05) is 41.9 Å². The average Bonchev–Trinajstić information content (AvgIpc) is 2.85. The van der Waals surface area contributed by atoms with Crippen LogP contribution in [0.25, 0.3) is 0 Å². The summed E-state index contributed by atoms with van der Waals surface area (Å²) in [6, 6.07) is 10.1. The van der Waals surface area contributed by atoms with Gasteiger partial charge in [-0.25, -0.2) is 4.98 Å². The molecule has 1 aliphatic rings. The normalized spacial score (nSPS) is 13.9. The van der Waals surface area contributed by atoms with Gasteiger partial charge in [-0.1, -0.05) is 22.0 Å². The quantitative estimate of drug-likeness (QED) is 0.410. The summed E-state index contributed by atoms with van der Waals surface area (Å²) in [6.45, 7) is 2.85. The number of hydrogen-bond donors (Lipinski definition) is 3. The van der Waals surface area contributed by atoms with Crippen molar-refractivity contribution in [3.8, 4) is 5.75 Å². The number of rotatable bonds is 6. The van der Waals surface area contributed by atoms with Gasteiger partial charge in [-0.3, -0.25) is 4.79 Å². The van der Waals surface area contributed by atoms with Gasteiger partial charge in [-0.2, -0.15) is 18.2 Å². The second kappa shape index (κ2) is 10.5. The number of aromatic nitrogens is 2. The lowest BCUT2D eigenvalue weighted by atomic mass is 10.1. The lowest BCUT2D eigenvalue weighted by Crippen LogP contribution is -2.44. The van der Waals surface area contributed by atoms with E-state index in [1.165, 1.54) is 25.4 Å². The minimum atomic E-state index is -4.69. The molecule has 1 saturated heterocycles. The first-order chi connectivity index (χ1) is 16.7. The van der Waals surface area contributed by atoms with E-state index in [-0.39, 0.29) is 22.9 Å². The van der Waals surface area contributed by atoms with Crippen molar-refractivity contribution in [2.45, 2.75) is 6.18 Å². The summed E-state index contributed by atoms with van der Waals surface area (Å²) in [7, 11) is 1.39. The van der Waals surface area contributed by atoms with Crippen LogP contribution in [0.1, 0.15) is 15.9 Å². The van der Waals surface area contributed by atoms with Gasteiger partial charge in [-0.15, -0.1) is 0 Å². The van der Waals surface area contributed by atoms with E-state index in [2.05, 4.69) is 41.8 Å². The molecular weight excluding hydrogens is 529 g/mol. The number of amides is 1. The lowest BCUT2D eigenvalue weighted by molar-refractivity contribution is -0.136. The maximum absolute atomic E-state index is 14.0. The van der Waals surface area contributed by atoms with Crippen molar-refractivity contribution in [1.82, 2.24) is 15.3 Å². The maximum atomic E-state index is 14.0. The van der Waals surface area contributed by atoms with Crippen LogP contribution in [0.15, 0.2) is 53.1 Å². The van der Waals surface area contributed by atoms with Gasteiger partial charge in [0.05, 0.1) is 24.6 Å². The number of carbonyl (C=O) groups excluding carboxylic acids is 1. The van der Waals surface area contributed by atoms with E-state index >= 15 is 0 Å².